The average molecular weight is 272 g/mol. The molecule has 104 valence electrons. The largest absolute Gasteiger partial charge is 0.466 e. The summed E-state index contributed by atoms with van der Waals surface area (Å²) in [6.45, 7) is 13.6. The van der Waals surface area contributed by atoms with E-state index in [2.05, 4.69) is 6.58 Å². The lowest BCUT2D eigenvalue weighted by atomic mass is 9.99. The van der Waals surface area contributed by atoms with Crippen molar-refractivity contribution in [1.29, 1.82) is 0 Å². The molecule has 0 heterocycles. The second-order valence-corrected chi connectivity index (χ2v) is 9.65. The minimum absolute atomic E-state index is 0.112. The molecule has 0 bridgehead atoms. The van der Waals surface area contributed by atoms with Crippen LogP contribution in [0.5, 0.6) is 0 Å². The molecule has 0 rings (SSSR count). The second-order valence-electron chi connectivity index (χ2n) is 5.19. The summed E-state index contributed by atoms with van der Waals surface area (Å²) >= 11 is 0. The summed E-state index contributed by atoms with van der Waals surface area (Å²) in [5, 5.41) is 0. The molecule has 2 atom stereocenters. The van der Waals surface area contributed by atoms with Gasteiger partial charge in [0.15, 0.2) is 14.1 Å². The van der Waals surface area contributed by atoms with Gasteiger partial charge in [0.25, 0.3) is 0 Å². The molecule has 0 unspecified atom stereocenters. The Morgan fingerprint density at radius 1 is 1.33 bits per heavy atom. The maximum atomic E-state index is 12.1. The number of ether oxygens (including phenoxy) is 1. The highest BCUT2D eigenvalue weighted by Gasteiger charge is 2.31. The molecule has 0 aliphatic carbocycles. The van der Waals surface area contributed by atoms with Gasteiger partial charge < -0.3 is 9.16 Å². The summed E-state index contributed by atoms with van der Waals surface area (Å²) in [6.07, 6.45) is 0.841. The number of hydrogen-bond acceptors (Lipinski definition) is 4. The molecule has 0 aromatic rings. The lowest BCUT2D eigenvalue weighted by Crippen LogP contribution is -2.40. The smallest absolute Gasteiger partial charge is 0.313 e. The van der Waals surface area contributed by atoms with Gasteiger partial charge >= 0.3 is 5.97 Å². The van der Waals surface area contributed by atoms with Gasteiger partial charge in [0, 0.05) is 5.92 Å². The van der Waals surface area contributed by atoms with E-state index in [-0.39, 0.29) is 24.7 Å². The van der Waals surface area contributed by atoms with Crippen LogP contribution in [0.3, 0.4) is 0 Å². The van der Waals surface area contributed by atoms with Crippen LogP contribution >= 0.6 is 0 Å². The lowest BCUT2D eigenvalue weighted by Gasteiger charge is -2.28. The zero-order chi connectivity index (χ0) is 14.3. The number of rotatable bonds is 8. The first-order valence-electron chi connectivity index (χ1n) is 6.20. The number of Topliss-reactive ketones (excluding diaryl/α,β-unsaturated/α-hetero) is 1. The Hall–Kier alpha value is -0.943. The summed E-state index contributed by atoms with van der Waals surface area (Å²) in [6, 6.07) is 0. The first kappa shape index (κ1) is 17.1. The Morgan fingerprint density at radius 3 is 2.28 bits per heavy atom. The van der Waals surface area contributed by atoms with Gasteiger partial charge in [-0.2, -0.15) is 0 Å². The summed E-state index contributed by atoms with van der Waals surface area (Å²) < 4.78 is 10.6. The third-order valence-corrected chi connectivity index (χ3v) is 3.23. The lowest BCUT2D eigenvalue weighted by molar-refractivity contribution is -0.147. The highest BCUT2D eigenvalue weighted by Crippen LogP contribution is 2.17. The molecular weight excluding hydrogens is 248 g/mol. The zero-order valence-corrected chi connectivity index (χ0v) is 13.0. The molecule has 18 heavy (non-hydrogen) atoms. The number of ketones is 1. The number of carbonyl (C=O) groups is 2. The van der Waals surface area contributed by atoms with Gasteiger partial charge in [-0.1, -0.05) is 13.0 Å². The van der Waals surface area contributed by atoms with Crippen molar-refractivity contribution in [1.82, 2.24) is 0 Å². The fourth-order valence-corrected chi connectivity index (χ4v) is 2.53. The van der Waals surface area contributed by atoms with E-state index in [0.717, 1.165) is 0 Å². The van der Waals surface area contributed by atoms with Crippen molar-refractivity contribution >= 4 is 20.1 Å². The predicted octanol–water partition coefficient (Wildman–Crippen LogP) is 2.55. The molecule has 0 fully saturated rings. The normalized spacial score (nSPS) is 14.7. The molecule has 4 nitrogen and oxygen atoms in total. The average Bonchev–Trinajstić information content (AvgIpc) is 2.23. The Morgan fingerprint density at radius 2 is 1.89 bits per heavy atom. The molecule has 0 saturated heterocycles. The number of hydrogen-bond donors (Lipinski definition) is 0. The molecule has 0 saturated carbocycles. The molecule has 0 radical (unpaired) electrons. The third-order valence-electron chi connectivity index (χ3n) is 2.27. The summed E-state index contributed by atoms with van der Waals surface area (Å²) in [5.74, 6) is -0.843. The second kappa shape index (κ2) is 7.48. The van der Waals surface area contributed by atoms with Crippen molar-refractivity contribution in [2.45, 2.75) is 46.0 Å². The predicted molar refractivity (Wildman–Crippen MR) is 73.8 cm³/mol. The molecule has 0 N–H and O–H groups in total. The molecule has 0 aliphatic heterocycles. The summed E-state index contributed by atoms with van der Waals surface area (Å²) in [5.41, 5.74) is 0. The third kappa shape index (κ3) is 6.71. The molecule has 5 heteroatoms. The van der Waals surface area contributed by atoms with E-state index in [9.17, 15) is 9.59 Å². The Bertz CT molecular complexity index is 307. The van der Waals surface area contributed by atoms with Gasteiger partial charge in [0.05, 0.1) is 6.61 Å². The van der Waals surface area contributed by atoms with Crippen molar-refractivity contribution in [3.8, 4) is 0 Å². The topological polar surface area (TPSA) is 52.6 Å². The van der Waals surface area contributed by atoms with Crippen molar-refractivity contribution < 1.29 is 18.8 Å². The van der Waals surface area contributed by atoms with Crippen molar-refractivity contribution in [3.63, 3.8) is 0 Å². The highest BCUT2D eigenvalue weighted by molar-refractivity contribution is 6.69. The minimum atomic E-state index is -1.85. The zero-order valence-electron chi connectivity index (χ0n) is 12.0. The van der Waals surface area contributed by atoms with E-state index in [1.807, 2.05) is 26.6 Å². The Kier molecular flexibility index (Phi) is 7.09. The van der Waals surface area contributed by atoms with Crippen LogP contribution in [0.4, 0.5) is 0 Å². The van der Waals surface area contributed by atoms with Crippen LogP contribution in [-0.4, -0.2) is 32.8 Å². The van der Waals surface area contributed by atoms with Crippen molar-refractivity contribution in [2.75, 3.05) is 6.61 Å². The van der Waals surface area contributed by atoms with Crippen LogP contribution in [-0.2, 0) is 18.8 Å². The fraction of sp³-hybridized carbons (Fsp3) is 0.692. The standard InChI is InChI=1S/C13H24O4Si/c1-7-10(3)13(17-18(4,5)6)11(14)9-12(15)16-8-2/h7,10,13H,1,8-9H2,2-6H3/t10-,13+/m1/s1. The summed E-state index contributed by atoms with van der Waals surface area (Å²) in [7, 11) is -1.85. The van der Waals surface area contributed by atoms with Crippen molar-refractivity contribution in [2.24, 2.45) is 5.92 Å². The van der Waals surface area contributed by atoms with E-state index < -0.39 is 20.4 Å². The first-order chi connectivity index (χ1) is 8.21. The minimum Gasteiger partial charge on any atom is -0.466 e. The molecule has 0 aromatic heterocycles. The molecule has 0 aromatic carbocycles. The van der Waals surface area contributed by atoms with Gasteiger partial charge in [0.2, 0.25) is 0 Å². The van der Waals surface area contributed by atoms with E-state index in [1.54, 1.807) is 13.0 Å². The van der Waals surface area contributed by atoms with E-state index >= 15 is 0 Å². The molecule has 0 aliphatic rings. The van der Waals surface area contributed by atoms with Gasteiger partial charge in [0.1, 0.15) is 12.5 Å². The van der Waals surface area contributed by atoms with Crippen LogP contribution in [0.25, 0.3) is 0 Å². The maximum Gasteiger partial charge on any atom is 0.313 e. The van der Waals surface area contributed by atoms with Gasteiger partial charge in [-0.15, -0.1) is 6.58 Å². The monoisotopic (exact) mass is 272 g/mol. The molecule has 0 spiro atoms. The number of esters is 1. The van der Waals surface area contributed by atoms with Crippen LogP contribution < -0.4 is 0 Å². The van der Waals surface area contributed by atoms with Crippen LogP contribution in [0.2, 0.25) is 19.6 Å². The molecule has 0 amide bonds. The van der Waals surface area contributed by atoms with Gasteiger partial charge in [-0.3, -0.25) is 9.59 Å². The Labute approximate surface area is 110 Å². The first-order valence-corrected chi connectivity index (χ1v) is 9.60. The van der Waals surface area contributed by atoms with Gasteiger partial charge in [-0.25, -0.2) is 0 Å². The van der Waals surface area contributed by atoms with Crippen LogP contribution in [0, 0.1) is 5.92 Å². The SMILES string of the molecule is C=C[C@@H](C)[C@H](O[Si](C)(C)C)C(=O)CC(=O)OCC. The van der Waals surface area contributed by atoms with E-state index in [0.29, 0.717) is 0 Å². The van der Waals surface area contributed by atoms with E-state index in [1.165, 1.54) is 0 Å². The number of carbonyl (C=O) groups excluding carboxylic acids is 2. The Balaban J connectivity index is 4.70. The van der Waals surface area contributed by atoms with Crippen LogP contribution in [0.15, 0.2) is 12.7 Å². The fourth-order valence-electron chi connectivity index (χ4n) is 1.43. The maximum absolute atomic E-state index is 12.1. The van der Waals surface area contributed by atoms with E-state index in [4.69, 9.17) is 9.16 Å². The highest BCUT2D eigenvalue weighted by atomic mass is 28.4. The van der Waals surface area contributed by atoms with Crippen LogP contribution in [0.1, 0.15) is 20.3 Å². The summed E-state index contributed by atoms with van der Waals surface area (Å²) in [4.78, 5) is 23.4. The van der Waals surface area contributed by atoms with Crippen molar-refractivity contribution in [3.05, 3.63) is 12.7 Å². The molecular formula is C13H24O4Si. The van der Waals surface area contributed by atoms with Gasteiger partial charge in [-0.05, 0) is 26.6 Å². The quantitative estimate of drug-likeness (QED) is 0.295.